The van der Waals surface area contributed by atoms with E-state index in [4.69, 9.17) is 10.00 Å². The molecule has 0 aliphatic rings. The van der Waals surface area contributed by atoms with E-state index in [0.717, 1.165) is 10.9 Å². The molecule has 2 aromatic rings. The summed E-state index contributed by atoms with van der Waals surface area (Å²) in [6, 6.07) is 10.7. The van der Waals surface area contributed by atoms with Crippen molar-refractivity contribution in [1.29, 1.82) is 5.26 Å². The molecule has 1 aromatic heterocycles. The molecule has 0 atom stereocenters. The highest BCUT2D eigenvalue weighted by Gasteiger charge is 2.10. The van der Waals surface area contributed by atoms with Crippen molar-refractivity contribution in [2.45, 2.75) is 6.42 Å². The number of carbonyl (C=O) groups is 1. The summed E-state index contributed by atoms with van der Waals surface area (Å²) >= 11 is 3.37. The Morgan fingerprint density at radius 2 is 2.17 bits per heavy atom. The van der Waals surface area contributed by atoms with E-state index in [1.807, 2.05) is 6.07 Å². The van der Waals surface area contributed by atoms with Gasteiger partial charge in [-0.25, -0.2) is 4.98 Å². The fourth-order valence-corrected chi connectivity index (χ4v) is 2.40. The summed E-state index contributed by atoms with van der Waals surface area (Å²) in [6.45, 7) is 1.20. The van der Waals surface area contributed by atoms with Gasteiger partial charge in [-0.05, 0) is 52.7 Å². The zero-order chi connectivity index (χ0) is 17.4. The lowest BCUT2D eigenvalue weighted by atomic mass is 10.2. The maximum absolute atomic E-state index is 12.2. The Hall–Kier alpha value is -2.59. The van der Waals surface area contributed by atoms with Gasteiger partial charge >= 0.3 is 0 Å². The van der Waals surface area contributed by atoms with Crippen LogP contribution < -0.4 is 15.4 Å². The molecule has 6 nitrogen and oxygen atoms in total. The first-order chi connectivity index (χ1) is 11.6. The Labute approximate surface area is 149 Å². The van der Waals surface area contributed by atoms with Crippen LogP contribution in [0.2, 0.25) is 0 Å². The molecule has 7 heteroatoms. The highest BCUT2D eigenvalue weighted by molar-refractivity contribution is 9.10. The molecule has 24 heavy (non-hydrogen) atoms. The average Bonchev–Trinajstić information content (AvgIpc) is 2.62. The van der Waals surface area contributed by atoms with E-state index in [9.17, 15) is 4.79 Å². The Morgan fingerprint density at radius 1 is 1.33 bits per heavy atom. The first-order valence-electron chi connectivity index (χ1n) is 7.36. The molecule has 0 saturated carbocycles. The molecule has 0 unspecified atom stereocenters. The van der Waals surface area contributed by atoms with E-state index in [0.29, 0.717) is 35.8 Å². The van der Waals surface area contributed by atoms with E-state index < -0.39 is 0 Å². The number of carbonyl (C=O) groups excluding carboxylic acids is 1. The molecule has 124 valence electrons. The molecule has 0 bridgehead atoms. The van der Waals surface area contributed by atoms with Crippen molar-refractivity contribution in [2.24, 2.45) is 0 Å². The molecule has 2 N–H and O–H groups in total. The lowest BCUT2D eigenvalue weighted by molar-refractivity contribution is 0.0952. The van der Waals surface area contributed by atoms with E-state index >= 15 is 0 Å². The second kappa shape index (κ2) is 8.89. The van der Waals surface area contributed by atoms with Crippen molar-refractivity contribution < 1.29 is 9.53 Å². The van der Waals surface area contributed by atoms with Crippen molar-refractivity contribution >= 4 is 27.7 Å². The summed E-state index contributed by atoms with van der Waals surface area (Å²) in [5.74, 6) is 1.19. The topological polar surface area (TPSA) is 87.0 Å². The number of nitrogens with one attached hydrogen (secondary N) is 2. The first-order valence-corrected chi connectivity index (χ1v) is 8.15. The van der Waals surface area contributed by atoms with Crippen LogP contribution in [-0.4, -0.2) is 31.1 Å². The quantitative estimate of drug-likeness (QED) is 0.711. The number of benzene rings is 1. The SMILES string of the molecule is COc1ccc(Br)c(C(=O)NCCCNc2ccc(C#N)cn2)c1. The molecule has 0 aliphatic heterocycles. The van der Waals surface area contributed by atoms with E-state index in [-0.39, 0.29) is 5.91 Å². The van der Waals surface area contributed by atoms with Crippen LogP contribution in [-0.2, 0) is 0 Å². The normalized spacial score (nSPS) is 9.88. The molecule has 0 saturated heterocycles. The van der Waals surface area contributed by atoms with Crippen LogP contribution in [0.25, 0.3) is 0 Å². The predicted molar refractivity (Wildman–Crippen MR) is 95.1 cm³/mol. The number of nitrogens with zero attached hydrogens (tertiary/aromatic N) is 2. The Morgan fingerprint density at radius 3 is 2.83 bits per heavy atom. The number of amides is 1. The Balaban J connectivity index is 1.75. The third-order valence-electron chi connectivity index (χ3n) is 3.26. The predicted octanol–water partition coefficient (Wildman–Crippen LogP) is 2.96. The van der Waals surface area contributed by atoms with Crippen LogP contribution in [0.3, 0.4) is 0 Å². The van der Waals surface area contributed by atoms with E-state index in [1.54, 1.807) is 37.4 Å². The van der Waals surface area contributed by atoms with Crippen LogP contribution in [0, 0.1) is 11.3 Å². The summed E-state index contributed by atoms with van der Waals surface area (Å²) in [5, 5.41) is 14.7. The van der Waals surface area contributed by atoms with Gasteiger partial charge in [-0.2, -0.15) is 5.26 Å². The van der Waals surface area contributed by atoms with Gasteiger partial charge in [0.2, 0.25) is 0 Å². The van der Waals surface area contributed by atoms with Gasteiger partial charge in [0.15, 0.2) is 0 Å². The smallest absolute Gasteiger partial charge is 0.252 e. The van der Waals surface area contributed by atoms with Crippen molar-refractivity contribution in [2.75, 3.05) is 25.5 Å². The minimum Gasteiger partial charge on any atom is -0.497 e. The molecular formula is C17H17BrN4O2. The van der Waals surface area contributed by atoms with Crippen molar-refractivity contribution in [3.05, 3.63) is 52.1 Å². The molecule has 0 fully saturated rings. The van der Waals surface area contributed by atoms with Crippen LogP contribution in [0.4, 0.5) is 5.82 Å². The van der Waals surface area contributed by atoms with Crippen LogP contribution in [0.15, 0.2) is 41.0 Å². The minimum absolute atomic E-state index is 0.155. The van der Waals surface area contributed by atoms with Crippen LogP contribution in [0.5, 0.6) is 5.75 Å². The zero-order valence-corrected chi connectivity index (χ0v) is 14.8. The van der Waals surface area contributed by atoms with E-state index in [1.165, 1.54) is 6.20 Å². The largest absolute Gasteiger partial charge is 0.497 e. The minimum atomic E-state index is -0.155. The van der Waals surface area contributed by atoms with Crippen molar-refractivity contribution in [3.8, 4) is 11.8 Å². The van der Waals surface area contributed by atoms with Gasteiger partial charge in [-0.15, -0.1) is 0 Å². The number of nitriles is 1. The Kier molecular flexibility index (Phi) is 6.58. The average molecular weight is 389 g/mol. The van der Waals surface area contributed by atoms with Gasteiger partial charge in [0.25, 0.3) is 5.91 Å². The number of aromatic nitrogens is 1. The number of methoxy groups -OCH3 is 1. The summed E-state index contributed by atoms with van der Waals surface area (Å²) < 4.78 is 5.85. The van der Waals surface area contributed by atoms with Gasteiger partial charge in [-0.3, -0.25) is 4.79 Å². The lowest BCUT2D eigenvalue weighted by Crippen LogP contribution is -2.26. The third kappa shape index (κ3) is 4.96. The molecule has 1 amide bonds. The zero-order valence-electron chi connectivity index (χ0n) is 13.2. The maximum atomic E-state index is 12.2. The molecule has 1 heterocycles. The van der Waals surface area contributed by atoms with Gasteiger partial charge < -0.3 is 15.4 Å². The summed E-state index contributed by atoms with van der Waals surface area (Å²) in [6.07, 6.45) is 2.26. The third-order valence-corrected chi connectivity index (χ3v) is 3.95. The number of anilines is 1. The van der Waals surface area contributed by atoms with E-state index in [2.05, 4.69) is 31.5 Å². The second-order valence-electron chi connectivity index (χ2n) is 4.93. The van der Waals surface area contributed by atoms with Crippen molar-refractivity contribution in [3.63, 3.8) is 0 Å². The monoisotopic (exact) mass is 388 g/mol. The fraction of sp³-hybridized carbons (Fsp3) is 0.235. The molecule has 1 aromatic carbocycles. The highest BCUT2D eigenvalue weighted by Crippen LogP contribution is 2.22. The van der Waals surface area contributed by atoms with Gasteiger partial charge in [0.05, 0.1) is 18.2 Å². The second-order valence-corrected chi connectivity index (χ2v) is 5.78. The van der Waals surface area contributed by atoms with Gasteiger partial charge in [0, 0.05) is 23.8 Å². The maximum Gasteiger partial charge on any atom is 0.252 e. The molecule has 0 spiro atoms. The van der Waals surface area contributed by atoms with Crippen LogP contribution in [0.1, 0.15) is 22.3 Å². The highest BCUT2D eigenvalue weighted by atomic mass is 79.9. The number of halogens is 1. The van der Waals surface area contributed by atoms with Gasteiger partial charge in [0.1, 0.15) is 17.6 Å². The fourth-order valence-electron chi connectivity index (χ4n) is 1.97. The number of hydrogen-bond acceptors (Lipinski definition) is 5. The van der Waals surface area contributed by atoms with Crippen LogP contribution >= 0.6 is 15.9 Å². The molecular weight excluding hydrogens is 372 g/mol. The number of hydrogen-bond donors (Lipinski definition) is 2. The van der Waals surface area contributed by atoms with Crippen molar-refractivity contribution in [1.82, 2.24) is 10.3 Å². The lowest BCUT2D eigenvalue weighted by Gasteiger charge is -2.09. The number of pyridine rings is 1. The number of ether oxygens (including phenoxy) is 1. The standard InChI is InChI=1S/C17H17BrN4O2/c1-24-13-4-5-15(18)14(9-13)17(23)21-8-2-7-20-16-6-3-12(10-19)11-22-16/h3-6,9,11H,2,7-8H2,1H3,(H,20,22)(H,21,23). The molecule has 0 radical (unpaired) electrons. The van der Waals surface area contributed by atoms with Gasteiger partial charge in [-0.1, -0.05) is 0 Å². The molecule has 2 rings (SSSR count). The Bertz CT molecular complexity index is 741. The summed E-state index contributed by atoms with van der Waals surface area (Å²) in [5.41, 5.74) is 1.06. The summed E-state index contributed by atoms with van der Waals surface area (Å²) in [4.78, 5) is 16.3. The molecule has 0 aliphatic carbocycles. The summed E-state index contributed by atoms with van der Waals surface area (Å²) in [7, 11) is 1.56. The first kappa shape index (κ1) is 17.8. The number of rotatable bonds is 7.